The van der Waals surface area contributed by atoms with Gasteiger partial charge in [0, 0.05) is 6.54 Å². The molecule has 4 rings (SSSR count). The first-order valence-corrected chi connectivity index (χ1v) is 6.17. The third-order valence-electron chi connectivity index (χ3n) is 4.36. The Hall–Kier alpha value is -1.53. The molecule has 7 heteroatoms. The van der Waals surface area contributed by atoms with Gasteiger partial charge in [0.2, 0.25) is 0 Å². The molecule has 1 aromatic heterocycles. The fraction of sp³-hybridized carbons (Fsp3) is 0.667. The monoisotopic (exact) mass is 274 g/mol. The Kier molecular flexibility index (Phi) is 2.46. The molecular formula is C12H13F3N2O2. The second kappa shape index (κ2) is 3.74. The summed E-state index contributed by atoms with van der Waals surface area (Å²) in [6.45, 7) is 0.279. The summed E-state index contributed by atoms with van der Waals surface area (Å²) in [6, 6.07) is 0. The standard InChI is InChI=1S/C12H13F3N2O2/c13-12(14,15)8-5-16-17(9(8)10(18)19)6-11-2-1-7(3-11)4-11/h5,7H,1-4,6H2,(H,18,19). The molecule has 19 heavy (non-hydrogen) atoms. The molecule has 3 aliphatic rings. The number of carboxylic acid groups (broad SMARTS) is 1. The van der Waals surface area contributed by atoms with Crippen LogP contribution >= 0.6 is 0 Å². The van der Waals surface area contributed by atoms with E-state index in [1.165, 1.54) is 0 Å². The molecule has 0 unspecified atom stereocenters. The molecule has 2 bridgehead atoms. The van der Waals surface area contributed by atoms with E-state index in [2.05, 4.69) is 5.10 Å². The van der Waals surface area contributed by atoms with Gasteiger partial charge in [0.05, 0.1) is 6.20 Å². The molecule has 0 aliphatic heterocycles. The van der Waals surface area contributed by atoms with Gasteiger partial charge in [0.15, 0.2) is 5.69 Å². The number of rotatable bonds is 3. The van der Waals surface area contributed by atoms with Gasteiger partial charge in [-0.15, -0.1) is 0 Å². The Labute approximate surface area is 107 Å². The number of carbonyl (C=O) groups is 1. The van der Waals surface area contributed by atoms with Crippen LogP contribution in [0.15, 0.2) is 6.20 Å². The summed E-state index contributed by atoms with van der Waals surface area (Å²) >= 11 is 0. The predicted octanol–water partition coefficient (Wildman–Crippen LogP) is 2.79. The minimum absolute atomic E-state index is 0.0241. The van der Waals surface area contributed by atoms with Gasteiger partial charge in [-0.25, -0.2) is 4.79 Å². The molecule has 1 N–H and O–H groups in total. The molecule has 1 heterocycles. The van der Waals surface area contributed by atoms with Gasteiger partial charge in [-0.1, -0.05) is 0 Å². The maximum absolute atomic E-state index is 12.7. The lowest BCUT2D eigenvalue weighted by Gasteiger charge is -2.38. The molecule has 0 aromatic carbocycles. The van der Waals surface area contributed by atoms with Crippen molar-refractivity contribution in [2.75, 3.05) is 0 Å². The third kappa shape index (κ3) is 1.91. The third-order valence-corrected chi connectivity index (χ3v) is 4.36. The molecular weight excluding hydrogens is 261 g/mol. The van der Waals surface area contributed by atoms with Gasteiger partial charge in [-0.05, 0) is 37.0 Å². The van der Waals surface area contributed by atoms with Crippen molar-refractivity contribution in [1.82, 2.24) is 9.78 Å². The zero-order chi connectivity index (χ0) is 13.8. The smallest absolute Gasteiger partial charge is 0.420 e. The summed E-state index contributed by atoms with van der Waals surface area (Å²) in [6.07, 6.45) is -0.0546. The highest BCUT2D eigenvalue weighted by Gasteiger charge is 2.51. The van der Waals surface area contributed by atoms with Crippen molar-refractivity contribution in [2.45, 2.75) is 38.4 Å². The van der Waals surface area contributed by atoms with Crippen LogP contribution in [-0.2, 0) is 12.7 Å². The Balaban J connectivity index is 1.93. The van der Waals surface area contributed by atoms with Crippen LogP contribution < -0.4 is 0 Å². The number of carboxylic acids is 1. The number of hydrogen-bond acceptors (Lipinski definition) is 2. The maximum Gasteiger partial charge on any atom is 0.420 e. The largest absolute Gasteiger partial charge is 0.477 e. The van der Waals surface area contributed by atoms with Crippen LogP contribution in [0.4, 0.5) is 13.2 Å². The first kappa shape index (κ1) is 12.5. The highest BCUT2D eigenvalue weighted by molar-refractivity contribution is 5.87. The van der Waals surface area contributed by atoms with E-state index in [9.17, 15) is 18.0 Å². The van der Waals surface area contributed by atoms with Crippen LogP contribution in [0, 0.1) is 11.3 Å². The Bertz CT molecular complexity index is 524. The Morgan fingerprint density at radius 1 is 1.53 bits per heavy atom. The van der Waals surface area contributed by atoms with Crippen LogP contribution in [0.1, 0.15) is 41.7 Å². The second-order valence-corrected chi connectivity index (χ2v) is 5.68. The molecule has 0 amide bonds. The number of aromatic carboxylic acids is 1. The summed E-state index contributed by atoms with van der Waals surface area (Å²) in [5.74, 6) is -0.902. The van der Waals surface area contributed by atoms with Crippen molar-refractivity contribution in [3.8, 4) is 0 Å². The summed E-state index contributed by atoms with van der Waals surface area (Å²) in [7, 11) is 0. The van der Waals surface area contributed by atoms with E-state index in [1.807, 2.05) is 0 Å². The van der Waals surface area contributed by atoms with Crippen molar-refractivity contribution in [2.24, 2.45) is 11.3 Å². The second-order valence-electron chi connectivity index (χ2n) is 5.68. The van der Waals surface area contributed by atoms with Crippen molar-refractivity contribution in [3.05, 3.63) is 17.5 Å². The molecule has 0 radical (unpaired) electrons. The molecule has 0 saturated heterocycles. The van der Waals surface area contributed by atoms with Gasteiger partial charge < -0.3 is 5.11 Å². The molecule has 3 saturated carbocycles. The van der Waals surface area contributed by atoms with E-state index in [0.717, 1.165) is 30.4 Å². The van der Waals surface area contributed by atoms with Crippen LogP contribution in [-0.4, -0.2) is 20.9 Å². The summed E-state index contributed by atoms with van der Waals surface area (Å²) < 4.78 is 39.2. The maximum atomic E-state index is 12.7. The molecule has 1 aromatic rings. The number of fused-ring (bicyclic) bond motifs is 1. The molecule has 4 nitrogen and oxygen atoms in total. The quantitative estimate of drug-likeness (QED) is 0.922. The van der Waals surface area contributed by atoms with Crippen molar-refractivity contribution < 1.29 is 23.1 Å². The van der Waals surface area contributed by atoms with Crippen LogP contribution in [0.2, 0.25) is 0 Å². The number of halogens is 3. The summed E-state index contributed by atoms with van der Waals surface area (Å²) in [5, 5.41) is 12.7. The molecule has 0 atom stereocenters. The zero-order valence-corrected chi connectivity index (χ0v) is 10.1. The summed E-state index contributed by atoms with van der Waals surface area (Å²) in [4.78, 5) is 11.1. The lowest BCUT2D eigenvalue weighted by molar-refractivity contribution is -0.138. The van der Waals surface area contributed by atoms with Gasteiger partial charge in [-0.2, -0.15) is 18.3 Å². The number of alkyl halides is 3. The van der Waals surface area contributed by atoms with Gasteiger partial charge in [0.1, 0.15) is 5.56 Å². The Morgan fingerprint density at radius 3 is 2.68 bits per heavy atom. The van der Waals surface area contributed by atoms with E-state index in [1.54, 1.807) is 0 Å². The topological polar surface area (TPSA) is 55.1 Å². The lowest BCUT2D eigenvalue weighted by Crippen LogP contribution is -2.34. The number of hydrogen-bond donors (Lipinski definition) is 1. The molecule has 3 aliphatic carbocycles. The number of aromatic nitrogens is 2. The minimum atomic E-state index is -4.68. The first-order valence-electron chi connectivity index (χ1n) is 6.17. The fourth-order valence-corrected chi connectivity index (χ4v) is 3.55. The van der Waals surface area contributed by atoms with Crippen LogP contribution in [0.25, 0.3) is 0 Å². The first-order chi connectivity index (χ1) is 8.81. The number of nitrogens with zero attached hydrogens (tertiary/aromatic N) is 2. The highest BCUT2D eigenvalue weighted by Crippen LogP contribution is 2.59. The average molecular weight is 274 g/mol. The lowest BCUT2D eigenvalue weighted by atomic mass is 9.70. The van der Waals surface area contributed by atoms with Gasteiger partial charge >= 0.3 is 12.1 Å². The normalized spacial score (nSPS) is 29.3. The van der Waals surface area contributed by atoms with Crippen molar-refractivity contribution in [1.29, 1.82) is 0 Å². The average Bonchev–Trinajstić information content (AvgIpc) is 2.88. The Morgan fingerprint density at radius 2 is 2.21 bits per heavy atom. The van der Waals surface area contributed by atoms with E-state index in [-0.39, 0.29) is 12.0 Å². The van der Waals surface area contributed by atoms with Crippen LogP contribution in [0.5, 0.6) is 0 Å². The molecule has 104 valence electrons. The zero-order valence-electron chi connectivity index (χ0n) is 10.1. The van der Waals surface area contributed by atoms with E-state index < -0.39 is 23.4 Å². The van der Waals surface area contributed by atoms with Gasteiger partial charge in [0.25, 0.3) is 0 Å². The van der Waals surface area contributed by atoms with Crippen LogP contribution in [0.3, 0.4) is 0 Å². The van der Waals surface area contributed by atoms with E-state index in [0.29, 0.717) is 12.1 Å². The van der Waals surface area contributed by atoms with E-state index >= 15 is 0 Å². The van der Waals surface area contributed by atoms with Gasteiger partial charge in [-0.3, -0.25) is 4.68 Å². The minimum Gasteiger partial charge on any atom is -0.477 e. The van der Waals surface area contributed by atoms with E-state index in [4.69, 9.17) is 5.11 Å². The predicted molar refractivity (Wildman–Crippen MR) is 58.6 cm³/mol. The fourth-order valence-electron chi connectivity index (χ4n) is 3.55. The summed E-state index contributed by atoms with van der Waals surface area (Å²) in [5.41, 5.74) is -1.92. The molecule has 0 spiro atoms. The van der Waals surface area contributed by atoms with Crippen molar-refractivity contribution in [3.63, 3.8) is 0 Å². The highest BCUT2D eigenvalue weighted by atomic mass is 19.4. The molecule has 3 fully saturated rings. The SMILES string of the molecule is O=C(O)c1c(C(F)(F)F)cnn1CC12CCC(C1)C2. The van der Waals surface area contributed by atoms with Crippen molar-refractivity contribution >= 4 is 5.97 Å².